The molecule has 0 heterocycles. The number of hydrogen-bond acceptors (Lipinski definition) is 5. The molecule has 3 aromatic carbocycles. The minimum atomic E-state index is -2.99. The Morgan fingerprint density at radius 3 is 2.62 bits per heavy atom. The van der Waals surface area contributed by atoms with Gasteiger partial charge in [0.2, 0.25) is 0 Å². The van der Waals surface area contributed by atoms with E-state index in [0.29, 0.717) is 22.4 Å². The van der Waals surface area contributed by atoms with Gasteiger partial charge in [-0.05, 0) is 42.0 Å². The molecule has 0 aliphatic heterocycles. The van der Waals surface area contributed by atoms with E-state index in [1.807, 2.05) is 6.07 Å². The molecule has 0 aliphatic rings. The summed E-state index contributed by atoms with van der Waals surface area (Å²) in [5, 5.41) is 11.9. The van der Waals surface area contributed by atoms with Crippen molar-refractivity contribution in [3.63, 3.8) is 0 Å². The molecule has 0 saturated heterocycles. The molecule has 0 unspecified atom stereocenters. The molecular weight excluding hydrogens is 418 g/mol. The summed E-state index contributed by atoms with van der Waals surface area (Å²) in [6.07, 6.45) is 0. The summed E-state index contributed by atoms with van der Waals surface area (Å²) in [7, 11) is 1.35. The molecule has 0 atom stereocenters. The molecule has 3 aromatic rings. The molecular formula is C24H20F2N2O4. The number of nitrogens with one attached hydrogen (secondary N) is 1. The maximum Gasteiger partial charge on any atom is 0.387 e. The van der Waals surface area contributed by atoms with Crippen LogP contribution < -0.4 is 19.5 Å². The van der Waals surface area contributed by atoms with Crippen LogP contribution in [0.2, 0.25) is 0 Å². The van der Waals surface area contributed by atoms with E-state index in [0.717, 1.165) is 5.56 Å². The van der Waals surface area contributed by atoms with Gasteiger partial charge in [0.1, 0.15) is 12.4 Å². The number of benzene rings is 3. The fraction of sp³-hybridized carbons (Fsp3) is 0.167. The van der Waals surface area contributed by atoms with Gasteiger partial charge in [0.05, 0.1) is 18.7 Å². The number of carbonyl (C=O) groups excluding carboxylic acids is 1. The minimum absolute atomic E-state index is 0.100. The lowest BCUT2D eigenvalue weighted by molar-refractivity contribution is -0.0512. The van der Waals surface area contributed by atoms with Crippen LogP contribution in [0.15, 0.2) is 66.7 Å². The summed E-state index contributed by atoms with van der Waals surface area (Å²) in [4.78, 5) is 12.5. The zero-order valence-corrected chi connectivity index (χ0v) is 17.2. The fourth-order valence-electron chi connectivity index (χ4n) is 2.95. The van der Waals surface area contributed by atoms with Crippen molar-refractivity contribution in [1.82, 2.24) is 5.32 Å². The third kappa shape index (κ3) is 5.95. The highest BCUT2D eigenvalue weighted by molar-refractivity contribution is 5.94. The predicted octanol–water partition coefficient (Wildman–Crippen LogP) is 4.68. The van der Waals surface area contributed by atoms with Gasteiger partial charge in [-0.2, -0.15) is 14.0 Å². The van der Waals surface area contributed by atoms with Crippen LogP contribution in [0.3, 0.4) is 0 Å². The number of carbonyl (C=O) groups is 1. The highest BCUT2D eigenvalue weighted by Gasteiger charge is 2.13. The van der Waals surface area contributed by atoms with E-state index in [1.165, 1.54) is 19.2 Å². The highest BCUT2D eigenvalue weighted by Crippen LogP contribution is 2.29. The Morgan fingerprint density at radius 2 is 1.88 bits per heavy atom. The molecule has 3 rings (SSSR count). The van der Waals surface area contributed by atoms with Crippen LogP contribution in [0.4, 0.5) is 8.78 Å². The SMILES string of the molecule is COc1ccc(CNC(=O)c2cccc(OCc3ccccc3C#N)c2)cc1OC(F)F. The molecule has 0 fully saturated rings. The maximum atomic E-state index is 12.6. The average molecular weight is 438 g/mol. The van der Waals surface area contributed by atoms with Gasteiger partial charge in [-0.1, -0.05) is 30.3 Å². The van der Waals surface area contributed by atoms with Crippen molar-refractivity contribution in [2.24, 2.45) is 0 Å². The van der Waals surface area contributed by atoms with E-state index in [9.17, 15) is 13.6 Å². The maximum absolute atomic E-state index is 12.6. The topological polar surface area (TPSA) is 80.6 Å². The Balaban J connectivity index is 1.63. The van der Waals surface area contributed by atoms with Crippen LogP contribution >= 0.6 is 0 Å². The number of halogens is 2. The standard InChI is InChI=1S/C24H20F2N2O4/c1-30-21-10-9-16(11-22(21)32-24(25)26)14-28-23(29)17-7-4-8-20(12-17)31-15-19-6-3-2-5-18(19)13-27/h2-12,24H,14-15H2,1H3,(H,28,29). The van der Waals surface area contributed by atoms with E-state index < -0.39 is 6.61 Å². The predicted molar refractivity (Wildman–Crippen MR) is 113 cm³/mol. The summed E-state index contributed by atoms with van der Waals surface area (Å²) >= 11 is 0. The quantitative estimate of drug-likeness (QED) is 0.525. The Morgan fingerprint density at radius 1 is 1.06 bits per heavy atom. The number of amides is 1. The molecule has 8 heteroatoms. The molecule has 164 valence electrons. The van der Waals surface area contributed by atoms with E-state index in [-0.39, 0.29) is 30.6 Å². The van der Waals surface area contributed by atoms with E-state index in [2.05, 4.69) is 16.1 Å². The molecule has 0 radical (unpaired) electrons. The fourth-order valence-corrected chi connectivity index (χ4v) is 2.95. The second kappa shape index (κ2) is 10.8. The first kappa shape index (κ1) is 22.6. The zero-order valence-electron chi connectivity index (χ0n) is 17.2. The Labute approximate surface area is 184 Å². The lowest BCUT2D eigenvalue weighted by Gasteiger charge is -2.12. The monoisotopic (exact) mass is 438 g/mol. The van der Waals surface area contributed by atoms with Crippen molar-refractivity contribution in [3.05, 3.63) is 89.0 Å². The van der Waals surface area contributed by atoms with Crippen molar-refractivity contribution in [1.29, 1.82) is 5.26 Å². The molecule has 0 spiro atoms. The van der Waals surface area contributed by atoms with Gasteiger partial charge in [0.25, 0.3) is 5.91 Å². The third-order valence-electron chi connectivity index (χ3n) is 4.53. The van der Waals surface area contributed by atoms with E-state index in [1.54, 1.807) is 48.5 Å². The average Bonchev–Trinajstić information content (AvgIpc) is 2.81. The van der Waals surface area contributed by atoms with E-state index in [4.69, 9.17) is 14.7 Å². The highest BCUT2D eigenvalue weighted by atomic mass is 19.3. The Kier molecular flexibility index (Phi) is 7.60. The van der Waals surface area contributed by atoms with Crippen LogP contribution in [-0.2, 0) is 13.2 Å². The second-order valence-electron chi connectivity index (χ2n) is 6.63. The first-order chi connectivity index (χ1) is 15.5. The zero-order chi connectivity index (χ0) is 22.9. The van der Waals surface area contributed by atoms with Gasteiger partial charge in [0.15, 0.2) is 11.5 Å². The number of hydrogen-bond donors (Lipinski definition) is 1. The van der Waals surface area contributed by atoms with Crippen molar-refractivity contribution >= 4 is 5.91 Å². The van der Waals surface area contributed by atoms with Crippen LogP contribution in [0, 0.1) is 11.3 Å². The van der Waals surface area contributed by atoms with Gasteiger partial charge in [-0.3, -0.25) is 4.79 Å². The van der Waals surface area contributed by atoms with Gasteiger partial charge in [0, 0.05) is 17.7 Å². The smallest absolute Gasteiger partial charge is 0.387 e. The molecule has 0 aromatic heterocycles. The first-order valence-electron chi connectivity index (χ1n) is 9.61. The first-order valence-corrected chi connectivity index (χ1v) is 9.61. The Bertz CT molecular complexity index is 1130. The van der Waals surface area contributed by atoms with Crippen molar-refractivity contribution in [2.45, 2.75) is 19.8 Å². The molecule has 0 saturated carbocycles. The molecule has 0 aliphatic carbocycles. The van der Waals surface area contributed by atoms with Crippen LogP contribution in [0.1, 0.15) is 27.0 Å². The summed E-state index contributed by atoms with van der Waals surface area (Å²) in [6, 6.07) is 20.4. The number of ether oxygens (including phenoxy) is 3. The molecule has 32 heavy (non-hydrogen) atoms. The molecule has 0 bridgehead atoms. The number of alkyl halides is 2. The summed E-state index contributed by atoms with van der Waals surface area (Å²) in [5.74, 6) is 0.174. The van der Waals surface area contributed by atoms with Crippen molar-refractivity contribution in [2.75, 3.05) is 7.11 Å². The number of methoxy groups -OCH3 is 1. The van der Waals surface area contributed by atoms with Crippen LogP contribution in [0.25, 0.3) is 0 Å². The van der Waals surface area contributed by atoms with Crippen molar-refractivity contribution in [3.8, 4) is 23.3 Å². The van der Waals surface area contributed by atoms with E-state index >= 15 is 0 Å². The van der Waals surface area contributed by atoms with Gasteiger partial charge in [-0.15, -0.1) is 0 Å². The summed E-state index contributed by atoms with van der Waals surface area (Å²) < 4.78 is 40.4. The number of rotatable bonds is 9. The molecule has 1 N–H and O–H groups in total. The van der Waals surface area contributed by atoms with Crippen molar-refractivity contribution < 1.29 is 27.8 Å². The minimum Gasteiger partial charge on any atom is -0.493 e. The van der Waals surface area contributed by atoms with Gasteiger partial charge in [-0.25, -0.2) is 0 Å². The normalized spacial score (nSPS) is 10.3. The lowest BCUT2D eigenvalue weighted by Crippen LogP contribution is -2.22. The second-order valence-corrected chi connectivity index (χ2v) is 6.63. The summed E-state index contributed by atoms with van der Waals surface area (Å²) in [5.41, 5.74) is 2.20. The van der Waals surface area contributed by atoms with Gasteiger partial charge < -0.3 is 19.5 Å². The van der Waals surface area contributed by atoms with Gasteiger partial charge >= 0.3 is 6.61 Å². The largest absolute Gasteiger partial charge is 0.493 e. The number of nitriles is 1. The summed E-state index contributed by atoms with van der Waals surface area (Å²) in [6.45, 7) is -2.70. The molecule has 1 amide bonds. The van der Waals surface area contributed by atoms with Crippen LogP contribution in [-0.4, -0.2) is 19.6 Å². The molecule has 6 nitrogen and oxygen atoms in total. The van der Waals surface area contributed by atoms with Crippen LogP contribution in [0.5, 0.6) is 17.2 Å². The lowest BCUT2D eigenvalue weighted by atomic mass is 10.1. The number of nitrogens with zero attached hydrogens (tertiary/aromatic N) is 1. The third-order valence-corrected chi connectivity index (χ3v) is 4.53. The Hall–Kier alpha value is -4.12.